The summed E-state index contributed by atoms with van der Waals surface area (Å²) < 4.78 is 1.44. The zero-order valence-corrected chi connectivity index (χ0v) is 5.53. The Labute approximate surface area is 48.8 Å². The molecule has 0 aromatic carbocycles. The molecule has 1 heteroatoms. The molecular weight excluding hydrogens is 255 g/mol. The van der Waals surface area contributed by atoms with Crippen molar-refractivity contribution in [1.82, 2.24) is 0 Å². The van der Waals surface area contributed by atoms with Crippen molar-refractivity contribution in [3.63, 3.8) is 0 Å². The van der Waals surface area contributed by atoms with E-state index >= 15 is 0 Å². The summed E-state index contributed by atoms with van der Waals surface area (Å²) in [6, 6.07) is 0. The van der Waals surface area contributed by atoms with Crippen molar-refractivity contribution in [2.75, 3.05) is 0 Å². The Bertz CT molecular complexity index is 101. The zero-order chi connectivity index (χ0) is 4.41. The molecule has 0 aliphatic heterocycles. The Kier molecular flexibility index (Phi) is 1.26. The van der Waals surface area contributed by atoms with Crippen LogP contribution < -0.4 is 0 Å². The van der Waals surface area contributed by atoms with Gasteiger partial charge >= 0.3 is 48.4 Å². The van der Waals surface area contributed by atoms with Gasteiger partial charge in [0.1, 0.15) is 0 Å². The van der Waals surface area contributed by atoms with Gasteiger partial charge in [0, 0.05) is 0 Å². The van der Waals surface area contributed by atoms with E-state index in [2.05, 4.69) is 38.0 Å². The van der Waals surface area contributed by atoms with Crippen LogP contribution in [0.5, 0.6) is 0 Å². The molecule has 1 aliphatic rings. The predicted molar refractivity (Wildman–Crippen MR) is 21.8 cm³/mol. The van der Waals surface area contributed by atoms with Gasteiger partial charge in [-0.1, -0.05) is 0 Å². The normalized spacial score (nSPS) is 18.7. The topological polar surface area (TPSA) is 0 Å². The standard InChI is InChI=1S/C5H5.Pt/c1-2-4-5-3-1;/h1-3H,4H2;. The van der Waals surface area contributed by atoms with Gasteiger partial charge in [0.05, 0.1) is 0 Å². The molecule has 6 heavy (non-hydrogen) atoms. The molecule has 0 unspecified atom stereocenters. The van der Waals surface area contributed by atoms with Gasteiger partial charge in [-0.2, -0.15) is 0 Å². The van der Waals surface area contributed by atoms with Gasteiger partial charge in [0.15, 0.2) is 0 Å². The third-order valence-corrected chi connectivity index (χ3v) is 1.55. The minimum absolute atomic E-state index is 1.15. The van der Waals surface area contributed by atoms with Crippen LogP contribution in [0.1, 0.15) is 6.42 Å². The van der Waals surface area contributed by atoms with Crippen molar-refractivity contribution in [3.8, 4) is 0 Å². The van der Waals surface area contributed by atoms with Crippen LogP contribution in [-0.4, -0.2) is 0 Å². The summed E-state index contributed by atoms with van der Waals surface area (Å²) in [5, 5.41) is 0. The van der Waals surface area contributed by atoms with E-state index in [1.807, 2.05) is 0 Å². The fourth-order valence-corrected chi connectivity index (χ4v) is 0.894. The maximum atomic E-state index is 2.32. The van der Waals surface area contributed by atoms with E-state index in [1.165, 1.54) is 3.96 Å². The Morgan fingerprint density at radius 1 is 1.67 bits per heavy atom. The Hall–Kier alpha value is 0.168. The van der Waals surface area contributed by atoms with Gasteiger partial charge in [-0.25, -0.2) is 0 Å². The molecule has 0 nitrogen and oxygen atoms in total. The van der Waals surface area contributed by atoms with Crippen molar-refractivity contribution in [2.24, 2.45) is 0 Å². The van der Waals surface area contributed by atoms with Crippen molar-refractivity contribution < 1.29 is 19.8 Å². The second-order valence-electron chi connectivity index (χ2n) is 1.21. The van der Waals surface area contributed by atoms with Crippen LogP contribution in [0, 0.1) is 0 Å². The van der Waals surface area contributed by atoms with Crippen LogP contribution in [0.3, 0.4) is 0 Å². The molecule has 35 valence electrons. The molecule has 0 atom stereocenters. The Morgan fingerprint density at radius 2 is 2.50 bits per heavy atom. The van der Waals surface area contributed by atoms with Gasteiger partial charge in [-0.15, -0.1) is 0 Å². The summed E-state index contributed by atoms with van der Waals surface area (Å²) >= 11 is 2.32. The van der Waals surface area contributed by atoms with E-state index in [0.29, 0.717) is 0 Å². The summed E-state index contributed by atoms with van der Waals surface area (Å²) in [7, 11) is 0. The van der Waals surface area contributed by atoms with Gasteiger partial charge in [-0.05, 0) is 0 Å². The monoisotopic (exact) mass is 260 g/mol. The molecule has 0 N–H and O–H groups in total. The molecule has 0 spiro atoms. The Morgan fingerprint density at radius 3 is 2.67 bits per heavy atom. The van der Waals surface area contributed by atoms with Crippen LogP contribution in [0.2, 0.25) is 0 Å². The van der Waals surface area contributed by atoms with E-state index in [0.717, 1.165) is 6.42 Å². The van der Waals surface area contributed by atoms with Gasteiger partial charge in [0.25, 0.3) is 0 Å². The third-order valence-electron chi connectivity index (χ3n) is 0.703. The van der Waals surface area contributed by atoms with Crippen molar-refractivity contribution in [1.29, 1.82) is 0 Å². The molecule has 0 saturated carbocycles. The summed E-state index contributed by atoms with van der Waals surface area (Å²) in [4.78, 5) is 0. The summed E-state index contributed by atoms with van der Waals surface area (Å²) in [6.07, 6.45) is 7.52. The fraction of sp³-hybridized carbons (Fsp3) is 0.200. The van der Waals surface area contributed by atoms with E-state index in [-0.39, 0.29) is 0 Å². The van der Waals surface area contributed by atoms with Crippen molar-refractivity contribution in [3.05, 3.63) is 22.2 Å². The van der Waals surface area contributed by atoms with E-state index < -0.39 is 0 Å². The van der Waals surface area contributed by atoms with Gasteiger partial charge < -0.3 is 0 Å². The second-order valence-corrected chi connectivity index (χ2v) is 2.67. The molecule has 0 bridgehead atoms. The molecule has 0 aromatic rings. The van der Waals surface area contributed by atoms with Crippen molar-refractivity contribution in [2.45, 2.75) is 6.42 Å². The molecule has 1 aliphatic carbocycles. The van der Waals surface area contributed by atoms with Crippen molar-refractivity contribution >= 4 is 0 Å². The van der Waals surface area contributed by atoms with Crippen LogP contribution >= 0.6 is 0 Å². The molecular formula is C5H5Pt. The molecule has 0 amide bonds. The summed E-state index contributed by atoms with van der Waals surface area (Å²) in [5.74, 6) is 0. The first kappa shape index (κ1) is 4.33. The minimum atomic E-state index is 1.15. The van der Waals surface area contributed by atoms with Gasteiger partial charge in [-0.3, -0.25) is 0 Å². The molecule has 0 radical (unpaired) electrons. The second kappa shape index (κ2) is 1.75. The van der Waals surface area contributed by atoms with E-state index in [9.17, 15) is 0 Å². The van der Waals surface area contributed by atoms with Crippen LogP contribution in [0.25, 0.3) is 0 Å². The van der Waals surface area contributed by atoms with Crippen LogP contribution in [-0.2, 0) is 19.8 Å². The number of hydrogen-bond donors (Lipinski definition) is 0. The average molecular weight is 260 g/mol. The summed E-state index contributed by atoms with van der Waals surface area (Å²) in [6.45, 7) is 0. The first-order chi connectivity index (χ1) is 2.89. The molecule has 0 heterocycles. The quantitative estimate of drug-likeness (QED) is 0.617. The Balaban J connectivity index is 2.61. The first-order valence-corrected chi connectivity index (χ1v) is 3.01. The molecule has 0 fully saturated rings. The third kappa shape index (κ3) is 0.814. The number of rotatable bonds is 0. The maximum absolute atomic E-state index is 2.32. The van der Waals surface area contributed by atoms with Crippen LogP contribution in [0.4, 0.5) is 0 Å². The fourth-order valence-electron chi connectivity index (χ4n) is 0.408. The number of hydrogen-bond acceptors (Lipinski definition) is 0. The molecule has 0 saturated heterocycles. The first-order valence-electron chi connectivity index (χ1n) is 1.88. The zero-order valence-electron chi connectivity index (χ0n) is 3.26. The molecule has 0 aromatic heterocycles. The number of allylic oxidation sites excluding steroid dienone is 4. The van der Waals surface area contributed by atoms with E-state index in [1.54, 1.807) is 0 Å². The molecule has 1 rings (SSSR count). The van der Waals surface area contributed by atoms with Gasteiger partial charge in [0.2, 0.25) is 0 Å². The predicted octanol–water partition coefficient (Wildman–Crippen LogP) is 1.38. The van der Waals surface area contributed by atoms with E-state index in [4.69, 9.17) is 0 Å². The SMILES string of the molecule is [Pt][C]1=CC=CC1. The van der Waals surface area contributed by atoms with Crippen LogP contribution in [0.15, 0.2) is 22.2 Å². The summed E-state index contributed by atoms with van der Waals surface area (Å²) in [5.41, 5.74) is 0. The average Bonchev–Trinajstić information content (AvgIpc) is 1.86.